The van der Waals surface area contributed by atoms with E-state index in [1.54, 1.807) is 43.0 Å². The third-order valence-corrected chi connectivity index (χ3v) is 4.14. The van der Waals surface area contributed by atoms with Gasteiger partial charge in [0.15, 0.2) is 0 Å². The highest BCUT2D eigenvalue weighted by Gasteiger charge is 2.17. The molecule has 1 amide bonds. The number of rotatable bonds is 5. The number of aromatic nitrogens is 4. The zero-order valence-corrected chi connectivity index (χ0v) is 14.6. The number of carbonyl (C=O) groups excluding carboxylic acids is 1. The summed E-state index contributed by atoms with van der Waals surface area (Å²) >= 11 is 0. The number of carbonyl (C=O) groups is 1. The number of nitrogens with zero attached hydrogens (tertiary/aromatic N) is 4. The van der Waals surface area contributed by atoms with Crippen LogP contribution in [0, 0.1) is 0 Å². The molecule has 0 bridgehead atoms. The van der Waals surface area contributed by atoms with Crippen molar-refractivity contribution in [3.63, 3.8) is 0 Å². The second-order valence-electron chi connectivity index (χ2n) is 5.98. The summed E-state index contributed by atoms with van der Waals surface area (Å²) in [6, 6.07) is 14.4. The molecule has 0 radical (unpaired) electrons. The summed E-state index contributed by atoms with van der Waals surface area (Å²) in [6.07, 6.45) is 6.34. The lowest BCUT2D eigenvalue weighted by molar-refractivity contribution is -0.118. The van der Waals surface area contributed by atoms with Gasteiger partial charge in [0.1, 0.15) is 11.8 Å². The molecule has 2 heterocycles. The number of ether oxygens (including phenoxy) is 1. The molecule has 2 aromatic carbocycles. The Morgan fingerprint density at radius 2 is 2.00 bits per heavy atom. The Hall–Kier alpha value is -3.74. The van der Waals surface area contributed by atoms with E-state index >= 15 is 0 Å². The molecule has 4 rings (SSSR count). The Morgan fingerprint density at radius 1 is 1.11 bits per heavy atom. The van der Waals surface area contributed by atoms with Crippen LogP contribution in [0.2, 0.25) is 0 Å². The molecule has 0 saturated heterocycles. The van der Waals surface area contributed by atoms with E-state index in [1.807, 2.05) is 35.8 Å². The van der Waals surface area contributed by atoms with Crippen molar-refractivity contribution in [2.24, 2.45) is 0 Å². The van der Waals surface area contributed by atoms with Crippen molar-refractivity contribution >= 4 is 22.6 Å². The van der Waals surface area contributed by atoms with Crippen molar-refractivity contribution in [3.8, 4) is 11.6 Å². The number of nitrogens with one attached hydrogen (secondary N) is 1. The molecule has 27 heavy (non-hydrogen) atoms. The standard InChI is InChI=1S/C20H17N5O2/c1-14(25-13-23-17-7-2-3-8-18(17)25)20(26)24-15-5-4-6-16(11-15)27-19-12-21-9-10-22-19/h2-14H,1H3,(H,24,26)/t14-/m0/s1. The molecule has 0 fully saturated rings. The van der Waals surface area contributed by atoms with Crippen molar-refractivity contribution in [2.45, 2.75) is 13.0 Å². The minimum absolute atomic E-state index is 0.144. The van der Waals surface area contributed by atoms with Crippen LogP contribution in [-0.4, -0.2) is 25.4 Å². The maximum Gasteiger partial charge on any atom is 0.247 e. The number of imidazole rings is 1. The third-order valence-electron chi connectivity index (χ3n) is 4.14. The van der Waals surface area contributed by atoms with Crippen LogP contribution in [0.5, 0.6) is 11.6 Å². The topological polar surface area (TPSA) is 81.9 Å². The number of anilines is 1. The zero-order chi connectivity index (χ0) is 18.6. The highest BCUT2D eigenvalue weighted by atomic mass is 16.5. The number of para-hydroxylation sites is 2. The maximum atomic E-state index is 12.7. The van der Waals surface area contributed by atoms with Crippen LogP contribution >= 0.6 is 0 Å². The molecule has 0 aliphatic heterocycles. The number of hydrogen-bond donors (Lipinski definition) is 1. The molecule has 0 spiro atoms. The monoisotopic (exact) mass is 359 g/mol. The normalized spacial score (nSPS) is 11.9. The van der Waals surface area contributed by atoms with E-state index in [1.165, 1.54) is 6.20 Å². The van der Waals surface area contributed by atoms with Gasteiger partial charge in [0, 0.05) is 24.1 Å². The summed E-state index contributed by atoms with van der Waals surface area (Å²) in [7, 11) is 0. The molecule has 1 N–H and O–H groups in total. The summed E-state index contributed by atoms with van der Waals surface area (Å²) in [5.41, 5.74) is 2.41. The molecule has 1 atom stereocenters. The van der Waals surface area contributed by atoms with Gasteiger partial charge in [0.2, 0.25) is 11.8 Å². The molecule has 2 aromatic heterocycles. The lowest BCUT2D eigenvalue weighted by atomic mass is 10.2. The van der Waals surface area contributed by atoms with Crippen LogP contribution in [0.15, 0.2) is 73.4 Å². The maximum absolute atomic E-state index is 12.7. The molecule has 7 nitrogen and oxygen atoms in total. The Morgan fingerprint density at radius 3 is 2.85 bits per heavy atom. The third kappa shape index (κ3) is 3.62. The fourth-order valence-corrected chi connectivity index (χ4v) is 2.76. The average molecular weight is 359 g/mol. The molecule has 4 aromatic rings. The average Bonchev–Trinajstić information content (AvgIpc) is 3.12. The zero-order valence-electron chi connectivity index (χ0n) is 14.6. The lowest BCUT2D eigenvalue weighted by Gasteiger charge is -2.15. The first-order valence-corrected chi connectivity index (χ1v) is 8.47. The fraction of sp³-hybridized carbons (Fsp3) is 0.100. The van der Waals surface area contributed by atoms with E-state index in [2.05, 4.69) is 20.3 Å². The molecule has 0 aliphatic rings. The number of hydrogen-bond acceptors (Lipinski definition) is 5. The highest BCUT2D eigenvalue weighted by Crippen LogP contribution is 2.23. The van der Waals surface area contributed by atoms with E-state index < -0.39 is 6.04 Å². The molecular formula is C20H17N5O2. The lowest BCUT2D eigenvalue weighted by Crippen LogP contribution is -2.23. The van der Waals surface area contributed by atoms with Gasteiger partial charge in [0.05, 0.1) is 23.6 Å². The van der Waals surface area contributed by atoms with Crippen molar-refractivity contribution in [2.75, 3.05) is 5.32 Å². The Labute approximate surface area is 155 Å². The van der Waals surface area contributed by atoms with Crippen molar-refractivity contribution in [3.05, 3.63) is 73.4 Å². The molecule has 134 valence electrons. The van der Waals surface area contributed by atoms with Crippen molar-refractivity contribution in [1.29, 1.82) is 0 Å². The van der Waals surface area contributed by atoms with Crippen LogP contribution in [-0.2, 0) is 4.79 Å². The molecular weight excluding hydrogens is 342 g/mol. The number of amides is 1. The smallest absolute Gasteiger partial charge is 0.247 e. The number of fused-ring (bicyclic) bond motifs is 1. The van der Waals surface area contributed by atoms with Crippen LogP contribution in [0.1, 0.15) is 13.0 Å². The Kier molecular flexibility index (Phi) is 4.49. The van der Waals surface area contributed by atoms with E-state index in [0.717, 1.165) is 11.0 Å². The minimum atomic E-state index is -0.415. The van der Waals surface area contributed by atoms with E-state index in [9.17, 15) is 4.79 Å². The van der Waals surface area contributed by atoms with Gasteiger partial charge >= 0.3 is 0 Å². The van der Waals surface area contributed by atoms with E-state index in [4.69, 9.17) is 4.74 Å². The van der Waals surface area contributed by atoms with Crippen LogP contribution in [0.4, 0.5) is 5.69 Å². The van der Waals surface area contributed by atoms with E-state index in [0.29, 0.717) is 17.3 Å². The molecule has 0 saturated carbocycles. The Bertz CT molecular complexity index is 1080. The van der Waals surface area contributed by atoms with Gasteiger partial charge in [-0.2, -0.15) is 0 Å². The summed E-state index contributed by atoms with van der Waals surface area (Å²) in [5.74, 6) is 0.808. The van der Waals surface area contributed by atoms with Gasteiger partial charge < -0.3 is 14.6 Å². The van der Waals surface area contributed by atoms with Gasteiger partial charge in [-0.25, -0.2) is 9.97 Å². The largest absolute Gasteiger partial charge is 0.437 e. The SMILES string of the molecule is C[C@@H](C(=O)Nc1cccc(Oc2cnccn2)c1)n1cnc2ccccc21. The summed E-state index contributed by atoms with van der Waals surface area (Å²) in [6.45, 7) is 1.84. The fourth-order valence-electron chi connectivity index (χ4n) is 2.76. The Balaban J connectivity index is 1.50. The predicted octanol–water partition coefficient (Wildman–Crippen LogP) is 3.82. The van der Waals surface area contributed by atoms with Gasteiger partial charge in [-0.1, -0.05) is 18.2 Å². The molecule has 0 unspecified atom stereocenters. The van der Waals surface area contributed by atoms with Gasteiger partial charge in [0.25, 0.3) is 0 Å². The molecule has 0 aliphatic carbocycles. The first-order valence-electron chi connectivity index (χ1n) is 8.47. The molecule has 7 heteroatoms. The first kappa shape index (κ1) is 16.7. The quantitative estimate of drug-likeness (QED) is 0.586. The summed E-state index contributed by atoms with van der Waals surface area (Å²) in [4.78, 5) is 25.1. The number of benzene rings is 2. The minimum Gasteiger partial charge on any atom is -0.437 e. The second kappa shape index (κ2) is 7.25. The first-order chi connectivity index (χ1) is 13.2. The highest BCUT2D eigenvalue weighted by molar-refractivity contribution is 5.94. The van der Waals surface area contributed by atoms with Gasteiger partial charge in [-0.15, -0.1) is 0 Å². The van der Waals surface area contributed by atoms with Crippen LogP contribution < -0.4 is 10.1 Å². The summed E-state index contributed by atoms with van der Waals surface area (Å²) in [5, 5.41) is 2.92. The van der Waals surface area contributed by atoms with Crippen molar-refractivity contribution < 1.29 is 9.53 Å². The second-order valence-corrected chi connectivity index (χ2v) is 5.98. The van der Waals surface area contributed by atoms with Crippen LogP contribution in [0.25, 0.3) is 11.0 Å². The van der Waals surface area contributed by atoms with Gasteiger partial charge in [-0.3, -0.25) is 9.78 Å². The van der Waals surface area contributed by atoms with Crippen LogP contribution in [0.3, 0.4) is 0 Å². The predicted molar refractivity (Wildman–Crippen MR) is 102 cm³/mol. The summed E-state index contributed by atoms with van der Waals surface area (Å²) < 4.78 is 7.50. The van der Waals surface area contributed by atoms with Crippen molar-refractivity contribution in [1.82, 2.24) is 19.5 Å². The van der Waals surface area contributed by atoms with Gasteiger partial charge in [-0.05, 0) is 31.2 Å². The van der Waals surface area contributed by atoms with E-state index in [-0.39, 0.29) is 5.91 Å².